The first-order chi connectivity index (χ1) is 7.71. The van der Waals surface area contributed by atoms with E-state index in [1.807, 2.05) is 12.1 Å². The Labute approximate surface area is 96.4 Å². The first-order valence-corrected chi connectivity index (χ1v) is 5.64. The highest BCUT2D eigenvalue weighted by molar-refractivity contribution is 6.32. The maximum Gasteiger partial charge on any atom is 0.113 e. The summed E-state index contributed by atoms with van der Waals surface area (Å²) in [6, 6.07) is 5.68. The van der Waals surface area contributed by atoms with Crippen LogP contribution in [0.4, 0.5) is 5.69 Å². The summed E-state index contributed by atoms with van der Waals surface area (Å²) < 4.78 is 5.38. The zero-order chi connectivity index (χ0) is 11.2. The lowest BCUT2D eigenvalue weighted by Crippen LogP contribution is -2.37. The van der Waals surface area contributed by atoms with E-state index in [4.69, 9.17) is 12.6 Å². The molecule has 0 amide bonds. The van der Waals surface area contributed by atoms with Crippen molar-refractivity contribution in [3.8, 4) is 0 Å². The van der Waals surface area contributed by atoms with Gasteiger partial charge >= 0.3 is 0 Å². The highest BCUT2D eigenvalue weighted by atomic mass is 16.5. The molecule has 1 fully saturated rings. The van der Waals surface area contributed by atoms with Crippen molar-refractivity contribution in [2.75, 3.05) is 24.8 Å². The molecule has 2 aliphatic heterocycles. The highest BCUT2D eigenvalue weighted by Gasteiger charge is 2.40. The maximum absolute atomic E-state index is 11.9. The number of fused-ring (bicyclic) bond motifs is 2. The van der Waals surface area contributed by atoms with E-state index in [9.17, 15) is 5.21 Å². The van der Waals surface area contributed by atoms with Crippen LogP contribution in [0.5, 0.6) is 0 Å². The smallest absolute Gasteiger partial charge is 0.113 e. The minimum absolute atomic E-state index is 0.00301. The normalized spacial score (nSPS) is 22.4. The first kappa shape index (κ1) is 10.2. The summed E-state index contributed by atoms with van der Waals surface area (Å²) in [6.07, 6.45) is 1.87. The Kier molecular flexibility index (Phi) is 2.23. The number of benzene rings is 1. The molecule has 3 rings (SSSR count). The minimum atomic E-state index is 0.00301. The van der Waals surface area contributed by atoms with Gasteiger partial charge in [-0.1, -0.05) is 17.6 Å². The third kappa shape index (κ3) is 1.37. The Morgan fingerprint density at radius 2 is 2.06 bits per heavy atom. The summed E-state index contributed by atoms with van der Waals surface area (Å²) in [7, 11) is 5.72. The molecule has 2 radical (unpaired) electrons. The van der Waals surface area contributed by atoms with Crippen LogP contribution in [0.15, 0.2) is 18.2 Å². The predicted molar refractivity (Wildman–Crippen MR) is 64.3 cm³/mol. The average Bonchev–Trinajstić information content (AvgIpc) is 2.53. The number of nitrogens with zero attached hydrogens (tertiary/aromatic N) is 1. The zero-order valence-electron chi connectivity index (χ0n) is 9.11. The predicted octanol–water partition coefficient (Wildman–Crippen LogP) is 0.846. The van der Waals surface area contributed by atoms with Crippen molar-refractivity contribution in [3.63, 3.8) is 0 Å². The molecule has 3 nitrogen and oxygen atoms in total. The van der Waals surface area contributed by atoms with E-state index in [0.717, 1.165) is 42.4 Å². The number of anilines is 1. The monoisotopic (exact) mass is 214 g/mol. The summed E-state index contributed by atoms with van der Waals surface area (Å²) in [5.41, 5.74) is 2.56. The van der Waals surface area contributed by atoms with Crippen LogP contribution in [0.1, 0.15) is 18.4 Å². The average molecular weight is 214 g/mol. The SMILES string of the molecule is [B]c1ccc2c(c1)N([O-])CC21CCOCC1. The van der Waals surface area contributed by atoms with Crippen molar-refractivity contribution < 1.29 is 4.74 Å². The molecular formula is C12H13BNO2-. The van der Waals surface area contributed by atoms with Gasteiger partial charge < -0.3 is 15.0 Å². The number of hydroxylamine groups is 1. The largest absolute Gasteiger partial charge is 0.758 e. The molecule has 2 heterocycles. The summed E-state index contributed by atoms with van der Waals surface area (Å²) in [6.45, 7) is 2.05. The van der Waals surface area contributed by atoms with Gasteiger partial charge in [0, 0.05) is 30.9 Å². The number of ether oxygens (including phenoxy) is 1. The Morgan fingerprint density at radius 3 is 2.81 bits per heavy atom. The van der Waals surface area contributed by atoms with Crippen molar-refractivity contribution in [2.45, 2.75) is 18.3 Å². The van der Waals surface area contributed by atoms with Gasteiger partial charge in [-0.25, -0.2) is 0 Å². The zero-order valence-corrected chi connectivity index (χ0v) is 9.11. The topological polar surface area (TPSA) is 35.5 Å². The summed E-state index contributed by atoms with van der Waals surface area (Å²) in [4.78, 5) is 0. The molecule has 1 aromatic carbocycles. The molecule has 2 aliphatic rings. The van der Waals surface area contributed by atoms with E-state index in [-0.39, 0.29) is 5.41 Å². The molecule has 16 heavy (non-hydrogen) atoms. The summed E-state index contributed by atoms with van der Waals surface area (Å²) >= 11 is 0. The fourth-order valence-electron chi connectivity index (χ4n) is 2.84. The van der Waals surface area contributed by atoms with E-state index < -0.39 is 0 Å². The van der Waals surface area contributed by atoms with Gasteiger partial charge in [0.05, 0.1) is 0 Å². The Hall–Kier alpha value is -0.995. The number of hydrogen-bond acceptors (Lipinski definition) is 3. The minimum Gasteiger partial charge on any atom is -0.758 e. The van der Waals surface area contributed by atoms with Crippen LogP contribution in [-0.4, -0.2) is 27.6 Å². The molecule has 0 saturated carbocycles. The van der Waals surface area contributed by atoms with E-state index in [0.29, 0.717) is 12.0 Å². The van der Waals surface area contributed by atoms with Crippen molar-refractivity contribution in [2.24, 2.45) is 0 Å². The van der Waals surface area contributed by atoms with Gasteiger partial charge in [0.25, 0.3) is 0 Å². The van der Waals surface area contributed by atoms with E-state index in [1.165, 1.54) is 0 Å². The standard InChI is InChI=1S/C12H13BNO2/c13-9-1-2-10-11(7-9)14(15)8-12(10)3-5-16-6-4-12/h1-2,7H,3-6,8H2/q-1. The molecule has 1 aromatic rings. The van der Waals surface area contributed by atoms with Gasteiger partial charge in [-0.2, -0.15) is 0 Å². The fourth-order valence-corrected chi connectivity index (χ4v) is 2.84. The highest BCUT2D eigenvalue weighted by Crippen LogP contribution is 2.45. The third-order valence-corrected chi connectivity index (χ3v) is 3.76. The fraction of sp³-hybridized carbons (Fsp3) is 0.500. The van der Waals surface area contributed by atoms with E-state index in [2.05, 4.69) is 0 Å². The summed E-state index contributed by atoms with van der Waals surface area (Å²) in [5, 5.41) is 13.0. The van der Waals surface area contributed by atoms with Gasteiger partial charge in [-0.05, 0) is 24.5 Å². The molecule has 0 N–H and O–H groups in total. The van der Waals surface area contributed by atoms with Crippen LogP contribution >= 0.6 is 0 Å². The van der Waals surface area contributed by atoms with Crippen molar-refractivity contribution >= 4 is 19.0 Å². The van der Waals surface area contributed by atoms with Crippen LogP contribution in [0, 0.1) is 5.21 Å². The Bertz CT molecular complexity index is 415. The summed E-state index contributed by atoms with van der Waals surface area (Å²) in [5.74, 6) is 0. The second kappa shape index (κ2) is 3.50. The molecule has 82 valence electrons. The first-order valence-electron chi connectivity index (χ1n) is 5.64. The lowest BCUT2D eigenvalue weighted by molar-refractivity contribution is 0.0557. The van der Waals surface area contributed by atoms with Gasteiger partial charge in [0.1, 0.15) is 7.85 Å². The third-order valence-electron chi connectivity index (χ3n) is 3.76. The van der Waals surface area contributed by atoms with Crippen molar-refractivity contribution in [1.82, 2.24) is 0 Å². The second-order valence-electron chi connectivity index (χ2n) is 4.71. The van der Waals surface area contributed by atoms with Crippen molar-refractivity contribution in [1.29, 1.82) is 0 Å². The van der Waals surface area contributed by atoms with E-state index >= 15 is 0 Å². The molecule has 0 unspecified atom stereocenters. The van der Waals surface area contributed by atoms with Crippen LogP contribution < -0.4 is 10.5 Å². The molecule has 0 aromatic heterocycles. The molecule has 0 bridgehead atoms. The molecular weight excluding hydrogens is 201 g/mol. The lowest BCUT2D eigenvalue weighted by atomic mass is 9.75. The van der Waals surface area contributed by atoms with Gasteiger partial charge in [0.2, 0.25) is 0 Å². The number of rotatable bonds is 0. The van der Waals surface area contributed by atoms with E-state index in [1.54, 1.807) is 6.07 Å². The Balaban J connectivity index is 2.07. The van der Waals surface area contributed by atoms with Gasteiger partial charge in [-0.15, -0.1) is 0 Å². The van der Waals surface area contributed by atoms with Crippen LogP contribution in [0.3, 0.4) is 0 Å². The maximum atomic E-state index is 11.9. The molecule has 4 heteroatoms. The van der Waals surface area contributed by atoms with Crippen molar-refractivity contribution in [3.05, 3.63) is 29.0 Å². The molecule has 1 saturated heterocycles. The quantitative estimate of drug-likeness (QED) is 0.600. The number of hydrogen-bond donors (Lipinski definition) is 0. The Morgan fingerprint density at radius 1 is 1.31 bits per heavy atom. The molecule has 1 spiro atoms. The van der Waals surface area contributed by atoms with Gasteiger partial charge in [-0.3, -0.25) is 0 Å². The van der Waals surface area contributed by atoms with Gasteiger partial charge in [0.15, 0.2) is 0 Å². The van der Waals surface area contributed by atoms with Crippen LogP contribution in [0.25, 0.3) is 0 Å². The van der Waals surface area contributed by atoms with Crippen LogP contribution in [-0.2, 0) is 10.2 Å². The molecule has 0 aliphatic carbocycles. The lowest BCUT2D eigenvalue weighted by Gasteiger charge is -2.35. The van der Waals surface area contributed by atoms with Crippen LogP contribution in [0.2, 0.25) is 0 Å². The second-order valence-corrected chi connectivity index (χ2v) is 4.71. The molecule has 0 atom stereocenters.